The van der Waals surface area contributed by atoms with E-state index < -0.39 is 5.97 Å². The first-order chi connectivity index (χ1) is 21.1. The Morgan fingerprint density at radius 3 is 1.26 bits per heavy atom. The molecule has 5 rings (SSSR count). The van der Waals surface area contributed by atoms with Crippen LogP contribution in [0.5, 0.6) is 23.0 Å². The second kappa shape index (κ2) is 15.1. The monoisotopic (exact) mass is 574 g/mol. The van der Waals surface area contributed by atoms with Gasteiger partial charge in [0.25, 0.3) is 0 Å². The average Bonchev–Trinajstić information content (AvgIpc) is 3.05. The molecule has 5 aromatic carbocycles. The van der Waals surface area contributed by atoms with Crippen LogP contribution in [0.4, 0.5) is 0 Å². The smallest absolute Gasteiger partial charge is 0.335 e. The predicted molar refractivity (Wildman–Crippen MR) is 168 cm³/mol. The van der Waals surface area contributed by atoms with Gasteiger partial charge >= 0.3 is 5.97 Å². The van der Waals surface area contributed by atoms with E-state index >= 15 is 0 Å². The number of ether oxygens (including phenoxy) is 4. The van der Waals surface area contributed by atoms with Crippen LogP contribution in [0, 0.1) is 0 Å². The van der Waals surface area contributed by atoms with Crippen LogP contribution in [0.2, 0.25) is 0 Å². The molecule has 6 heteroatoms. The van der Waals surface area contributed by atoms with Gasteiger partial charge in [0.15, 0.2) is 0 Å². The summed E-state index contributed by atoms with van der Waals surface area (Å²) in [6.07, 6.45) is 1.26. The van der Waals surface area contributed by atoms with E-state index in [1.807, 2.05) is 72.8 Å². The van der Waals surface area contributed by atoms with Gasteiger partial charge in [-0.1, -0.05) is 84.9 Å². The van der Waals surface area contributed by atoms with Crippen molar-refractivity contribution in [3.63, 3.8) is 0 Å². The quantitative estimate of drug-likeness (QED) is 0.127. The third kappa shape index (κ3) is 8.88. The van der Waals surface area contributed by atoms with Crippen molar-refractivity contribution in [2.75, 3.05) is 26.4 Å². The molecule has 0 atom stereocenters. The molecule has 0 fully saturated rings. The molecule has 0 saturated heterocycles. The van der Waals surface area contributed by atoms with Gasteiger partial charge < -0.3 is 24.1 Å². The largest absolute Gasteiger partial charge is 0.493 e. The van der Waals surface area contributed by atoms with E-state index in [0.29, 0.717) is 50.8 Å². The first-order valence-electron chi connectivity index (χ1n) is 14.3. The van der Waals surface area contributed by atoms with E-state index in [4.69, 9.17) is 18.9 Å². The van der Waals surface area contributed by atoms with E-state index in [-0.39, 0.29) is 5.56 Å². The Kier molecular flexibility index (Phi) is 10.3. The Labute approximate surface area is 252 Å². The van der Waals surface area contributed by atoms with Gasteiger partial charge in [-0.25, -0.2) is 4.79 Å². The summed E-state index contributed by atoms with van der Waals surface area (Å²) in [5.74, 6) is 1.42. The number of benzene rings is 5. The molecule has 218 valence electrons. The lowest BCUT2D eigenvalue weighted by Gasteiger charge is -2.12. The highest BCUT2D eigenvalue weighted by Crippen LogP contribution is 2.26. The summed E-state index contributed by atoms with van der Waals surface area (Å²) in [5.41, 5.74) is 4.56. The maximum absolute atomic E-state index is 11.7. The van der Waals surface area contributed by atoms with Gasteiger partial charge in [0.05, 0.1) is 32.0 Å². The van der Waals surface area contributed by atoms with Gasteiger partial charge in [0, 0.05) is 18.9 Å². The van der Waals surface area contributed by atoms with Crippen LogP contribution in [0.3, 0.4) is 0 Å². The molecule has 0 aliphatic heterocycles. The van der Waals surface area contributed by atoms with Gasteiger partial charge in [-0.15, -0.1) is 0 Å². The zero-order valence-corrected chi connectivity index (χ0v) is 23.9. The minimum absolute atomic E-state index is 0.107. The Hall–Kier alpha value is -5.23. The molecule has 0 spiro atoms. The normalized spacial score (nSPS) is 10.6. The lowest BCUT2D eigenvalue weighted by molar-refractivity contribution is 0.0695. The Morgan fingerprint density at radius 1 is 0.442 bits per heavy atom. The zero-order valence-electron chi connectivity index (χ0n) is 23.9. The zero-order chi connectivity index (χ0) is 29.7. The molecule has 0 aromatic heterocycles. The van der Waals surface area contributed by atoms with Gasteiger partial charge in [0.2, 0.25) is 0 Å². The number of carboxylic acid groups (broad SMARTS) is 1. The van der Waals surface area contributed by atoms with Crippen LogP contribution >= 0.6 is 0 Å². The van der Waals surface area contributed by atoms with Crippen molar-refractivity contribution in [2.45, 2.75) is 12.8 Å². The molecule has 0 unspecified atom stereocenters. The average molecular weight is 575 g/mol. The fraction of sp³-hybridized carbons (Fsp3) is 0.162. The lowest BCUT2D eigenvalue weighted by Crippen LogP contribution is -2.08. The van der Waals surface area contributed by atoms with E-state index in [2.05, 4.69) is 36.4 Å². The molecule has 0 saturated carbocycles. The standard InChI is InChI=1S/C37H34O6/c38-37(39)32-25-35(42-21-9-19-40-33-17-7-15-30(23-33)28-11-3-1-4-12-28)27-36(26-32)43-22-10-20-41-34-18-8-16-31(24-34)29-13-5-2-6-14-29/h1-8,11-18,23-27H,9-10,19-22H2,(H,38,39). The second-order valence-corrected chi connectivity index (χ2v) is 9.89. The van der Waals surface area contributed by atoms with Gasteiger partial charge in [-0.05, 0) is 58.7 Å². The van der Waals surface area contributed by atoms with Crippen molar-refractivity contribution in [3.05, 3.63) is 133 Å². The fourth-order valence-corrected chi connectivity index (χ4v) is 4.53. The number of carboxylic acids is 1. The lowest BCUT2D eigenvalue weighted by atomic mass is 10.1. The fourth-order valence-electron chi connectivity index (χ4n) is 4.53. The van der Waals surface area contributed by atoms with Crippen LogP contribution in [0.25, 0.3) is 22.3 Å². The van der Waals surface area contributed by atoms with E-state index in [1.54, 1.807) is 6.07 Å². The first kappa shape index (κ1) is 29.3. The number of rotatable bonds is 15. The molecular weight excluding hydrogens is 540 g/mol. The van der Waals surface area contributed by atoms with Crippen molar-refractivity contribution in [1.29, 1.82) is 0 Å². The third-order valence-corrected chi connectivity index (χ3v) is 6.66. The van der Waals surface area contributed by atoms with Gasteiger partial charge in [0.1, 0.15) is 23.0 Å². The number of aromatic carboxylic acids is 1. The minimum Gasteiger partial charge on any atom is -0.493 e. The summed E-state index contributed by atoms with van der Waals surface area (Å²) >= 11 is 0. The van der Waals surface area contributed by atoms with Gasteiger partial charge in [-0.2, -0.15) is 0 Å². The molecule has 6 nitrogen and oxygen atoms in total. The highest BCUT2D eigenvalue weighted by atomic mass is 16.5. The molecule has 0 aliphatic rings. The van der Waals surface area contributed by atoms with Crippen LogP contribution in [0.15, 0.2) is 127 Å². The van der Waals surface area contributed by atoms with E-state index in [0.717, 1.165) is 33.8 Å². The Bertz CT molecular complexity index is 1490. The topological polar surface area (TPSA) is 74.2 Å². The Balaban J connectivity index is 1.06. The van der Waals surface area contributed by atoms with Crippen molar-refractivity contribution in [3.8, 4) is 45.3 Å². The summed E-state index contributed by atoms with van der Waals surface area (Å²) in [7, 11) is 0. The summed E-state index contributed by atoms with van der Waals surface area (Å²) in [5, 5.41) is 9.56. The number of carbonyl (C=O) groups is 1. The summed E-state index contributed by atoms with van der Waals surface area (Å²) < 4.78 is 23.5. The van der Waals surface area contributed by atoms with Crippen LogP contribution in [0.1, 0.15) is 23.2 Å². The van der Waals surface area contributed by atoms with Crippen molar-refractivity contribution in [1.82, 2.24) is 0 Å². The third-order valence-electron chi connectivity index (χ3n) is 6.66. The molecule has 0 radical (unpaired) electrons. The Morgan fingerprint density at radius 2 is 0.837 bits per heavy atom. The highest BCUT2D eigenvalue weighted by molar-refractivity contribution is 5.88. The van der Waals surface area contributed by atoms with Crippen molar-refractivity contribution >= 4 is 5.97 Å². The molecule has 0 heterocycles. The number of hydrogen-bond acceptors (Lipinski definition) is 5. The van der Waals surface area contributed by atoms with E-state index in [9.17, 15) is 9.90 Å². The van der Waals surface area contributed by atoms with Crippen molar-refractivity contribution < 1.29 is 28.8 Å². The van der Waals surface area contributed by atoms with Crippen LogP contribution < -0.4 is 18.9 Å². The summed E-state index contributed by atoms with van der Waals surface area (Å²) in [6, 6.07) is 41.0. The summed E-state index contributed by atoms with van der Waals surface area (Å²) in [6.45, 7) is 1.68. The molecule has 5 aromatic rings. The molecule has 0 amide bonds. The first-order valence-corrected chi connectivity index (χ1v) is 14.3. The summed E-state index contributed by atoms with van der Waals surface area (Å²) in [4.78, 5) is 11.7. The van der Waals surface area contributed by atoms with E-state index in [1.165, 1.54) is 12.1 Å². The predicted octanol–water partition coefficient (Wildman–Crippen LogP) is 8.41. The molecule has 43 heavy (non-hydrogen) atoms. The molecule has 1 N–H and O–H groups in total. The van der Waals surface area contributed by atoms with Gasteiger partial charge in [-0.3, -0.25) is 0 Å². The maximum Gasteiger partial charge on any atom is 0.335 e. The van der Waals surface area contributed by atoms with Crippen LogP contribution in [-0.4, -0.2) is 37.5 Å². The molecule has 0 aliphatic carbocycles. The molecule has 0 bridgehead atoms. The molecular formula is C37H34O6. The maximum atomic E-state index is 11.7. The number of hydrogen-bond donors (Lipinski definition) is 1. The van der Waals surface area contributed by atoms with Crippen LogP contribution in [-0.2, 0) is 0 Å². The SMILES string of the molecule is O=C(O)c1cc(OCCCOc2cccc(-c3ccccc3)c2)cc(OCCCOc2cccc(-c3ccccc3)c2)c1. The van der Waals surface area contributed by atoms with Crippen molar-refractivity contribution in [2.24, 2.45) is 0 Å². The highest BCUT2D eigenvalue weighted by Gasteiger charge is 2.10. The minimum atomic E-state index is -1.04. The second-order valence-electron chi connectivity index (χ2n) is 9.89.